The number of ether oxygens (including phenoxy) is 2. The van der Waals surface area contributed by atoms with Gasteiger partial charge in [-0.05, 0) is 54.2 Å². The maximum Gasteiger partial charge on any atom is 0.416 e. The molecular formula is C39H51F3N6O6S. The van der Waals surface area contributed by atoms with Crippen molar-refractivity contribution in [2.45, 2.75) is 55.0 Å². The second-order valence-electron chi connectivity index (χ2n) is 13.9. The van der Waals surface area contributed by atoms with E-state index in [9.17, 15) is 33.0 Å². The van der Waals surface area contributed by atoms with Crippen molar-refractivity contribution in [2.75, 3.05) is 89.9 Å². The van der Waals surface area contributed by atoms with Gasteiger partial charge in [0.05, 0.1) is 49.2 Å². The number of hydrogen-bond acceptors (Lipinski definition) is 12. The van der Waals surface area contributed by atoms with E-state index in [1.165, 1.54) is 17.8 Å². The molecule has 1 aromatic heterocycles. The number of anilines is 2. The minimum atomic E-state index is -4.41. The highest BCUT2D eigenvalue weighted by Gasteiger charge is 2.40. The number of thioether (sulfide) groups is 1. The Morgan fingerprint density at radius 1 is 1.15 bits per heavy atom. The Balaban J connectivity index is 0.970. The number of pyridine rings is 1. The predicted molar refractivity (Wildman–Crippen MR) is 206 cm³/mol. The molecule has 5 rings (SSSR count). The number of phenolic OH excluding ortho intramolecular Hbond substituents is 1. The normalized spacial score (nSPS) is 16.6. The molecule has 1 amide bonds. The minimum absolute atomic E-state index is 0.0131. The standard InChI is InChI=1S/C39H51F3N6O6S/c1-43-36-32(50)7-6-31(37(36)55-27-49)33(51)24-44-14-17-46(2)35(52)10-20-53-19-9-28-4-3-5-29(22-28)25-47-15-11-38(12-16-47)26-48(18-21-54-38)34-23-30(8-13-45-34)39(40,41)42/h3-8,13,22-23,27,33,43-44,50-51H,9-12,14-21,24-26H2,1-2H3. The molecule has 2 fully saturated rings. The molecule has 0 radical (unpaired) electrons. The number of piperidine rings is 1. The molecule has 1 unspecified atom stereocenters. The van der Waals surface area contributed by atoms with E-state index in [2.05, 4.69) is 38.7 Å². The summed E-state index contributed by atoms with van der Waals surface area (Å²) in [6, 6.07) is 13.6. The number of likely N-dealkylation sites (tertiary alicyclic amines) is 1. The maximum atomic E-state index is 13.3. The second kappa shape index (κ2) is 19.8. The van der Waals surface area contributed by atoms with Gasteiger partial charge in [0.1, 0.15) is 11.6 Å². The average molecular weight is 789 g/mol. The summed E-state index contributed by atoms with van der Waals surface area (Å²) >= 11 is 0.880. The molecule has 0 aliphatic carbocycles. The number of carbonyl (C=O) groups excluding carboxylic acids is 2. The van der Waals surface area contributed by atoms with E-state index in [4.69, 9.17) is 9.47 Å². The third-order valence-electron chi connectivity index (χ3n) is 10.1. The topological polar surface area (TPSA) is 140 Å². The van der Waals surface area contributed by atoms with E-state index in [1.807, 2.05) is 11.0 Å². The predicted octanol–water partition coefficient (Wildman–Crippen LogP) is 4.73. The fourth-order valence-electron chi connectivity index (χ4n) is 7.00. The number of likely N-dealkylation sites (N-methyl/N-ethyl adjacent to an activating group) is 1. The van der Waals surface area contributed by atoms with Crippen molar-refractivity contribution >= 4 is 34.8 Å². The first-order valence-corrected chi connectivity index (χ1v) is 19.4. The molecule has 12 nitrogen and oxygen atoms in total. The van der Waals surface area contributed by atoms with Crippen LogP contribution < -0.4 is 15.5 Å². The van der Waals surface area contributed by atoms with Gasteiger partial charge in [0.15, 0.2) is 5.62 Å². The van der Waals surface area contributed by atoms with Gasteiger partial charge in [-0.25, -0.2) is 4.98 Å². The molecule has 3 aromatic rings. The summed E-state index contributed by atoms with van der Waals surface area (Å²) in [6.45, 7) is 5.77. The molecule has 300 valence electrons. The van der Waals surface area contributed by atoms with Crippen LogP contribution in [-0.4, -0.2) is 122 Å². The van der Waals surface area contributed by atoms with Crippen LogP contribution in [0.15, 0.2) is 59.6 Å². The molecule has 1 atom stereocenters. The van der Waals surface area contributed by atoms with Gasteiger partial charge in [-0.2, -0.15) is 13.2 Å². The summed E-state index contributed by atoms with van der Waals surface area (Å²) in [5.41, 5.74) is 2.78. The first kappa shape index (κ1) is 42.2. The van der Waals surface area contributed by atoms with Crippen molar-refractivity contribution in [1.82, 2.24) is 20.1 Å². The Morgan fingerprint density at radius 2 is 1.93 bits per heavy atom. The van der Waals surface area contributed by atoms with Gasteiger partial charge >= 0.3 is 6.18 Å². The number of carbonyl (C=O) groups is 2. The molecular weight excluding hydrogens is 738 g/mol. The van der Waals surface area contributed by atoms with Gasteiger partial charge in [0.25, 0.3) is 0 Å². The number of nitrogens with zero attached hydrogens (tertiary/aromatic N) is 4. The number of benzene rings is 2. The molecule has 2 saturated heterocycles. The van der Waals surface area contributed by atoms with Gasteiger partial charge in [0, 0.05) is 77.5 Å². The van der Waals surface area contributed by atoms with Gasteiger partial charge < -0.3 is 40.1 Å². The Hall–Kier alpha value is -3.93. The number of morpholine rings is 1. The zero-order valence-corrected chi connectivity index (χ0v) is 32.1. The van der Waals surface area contributed by atoms with Crippen molar-refractivity contribution in [3.8, 4) is 5.75 Å². The Labute approximate surface area is 324 Å². The quantitative estimate of drug-likeness (QED) is 0.0614. The highest BCUT2D eigenvalue weighted by Crippen LogP contribution is 2.39. The number of aliphatic hydroxyl groups excluding tert-OH is 1. The number of alkyl halides is 3. The highest BCUT2D eigenvalue weighted by atomic mass is 32.2. The zero-order chi connectivity index (χ0) is 39.4. The van der Waals surface area contributed by atoms with Crippen LogP contribution in [-0.2, 0) is 38.2 Å². The Kier molecular flexibility index (Phi) is 15.2. The van der Waals surface area contributed by atoms with Gasteiger partial charge in [0.2, 0.25) is 5.91 Å². The second-order valence-corrected chi connectivity index (χ2v) is 14.8. The number of phenols is 1. The van der Waals surface area contributed by atoms with E-state index in [0.717, 1.165) is 61.9 Å². The average Bonchev–Trinajstić information content (AvgIpc) is 3.17. The van der Waals surface area contributed by atoms with Crippen LogP contribution in [0.5, 0.6) is 5.75 Å². The van der Waals surface area contributed by atoms with Crippen LogP contribution in [0.25, 0.3) is 0 Å². The largest absolute Gasteiger partial charge is 0.506 e. The lowest BCUT2D eigenvalue weighted by atomic mass is 9.89. The van der Waals surface area contributed by atoms with Crippen molar-refractivity contribution < 1.29 is 42.4 Å². The summed E-state index contributed by atoms with van der Waals surface area (Å²) in [6.07, 6.45) is -1.58. The molecule has 2 aromatic carbocycles. The lowest BCUT2D eigenvalue weighted by Crippen LogP contribution is -2.57. The van der Waals surface area contributed by atoms with E-state index in [1.54, 1.807) is 25.1 Å². The van der Waals surface area contributed by atoms with Crippen molar-refractivity contribution in [3.63, 3.8) is 0 Å². The van der Waals surface area contributed by atoms with Crippen LogP contribution in [0.4, 0.5) is 24.7 Å². The maximum absolute atomic E-state index is 13.3. The molecule has 4 N–H and O–H groups in total. The number of aromatic hydroxyl groups is 1. The number of rotatable bonds is 18. The first-order chi connectivity index (χ1) is 26.4. The smallest absolute Gasteiger partial charge is 0.416 e. The van der Waals surface area contributed by atoms with Crippen LogP contribution in [0.3, 0.4) is 0 Å². The number of halogens is 3. The molecule has 3 heterocycles. The molecule has 16 heteroatoms. The van der Waals surface area contributed by atoms with Gasteiger partial charge in [-0.3, -0.25) is 14.5 Å². The molecule has 2 aliphatic heterocycles. The Morgan fingerprint density at radius 3 is 2.67 bits per heavy atom. The summed E-state index contributed by atoms with van der Waals surface area (Å²) in [5.74, 6) is 0.273. The van der Waals surface area contributed by atoms with E-state index in [-0.39, 0.29) is 24.6 Å². The van der Waals surface area contributed by atoms with Crippen LogP contribution in [0.2, 0.25) is 0 Å². The summed E-state index contributed by atoms with van der Waals surface area (Å²) in [5, 5.41) is 26.8. The van der Waals surface area contributed by atoms with Crippen molar-refractivity contribution in [1.29, 1.82) is 0 Å². The van der Waals surface area contributed by atoms with Crippen LogP contribution in [0.1, 0.15) is 47.6 Å². The first-order valence-electron chi connectivity index (χ1n) is 18.5. The van der Waals surface area contributed by atoms with Crippen LogP contribution >= 0.6 is 11.8 Å². The molecule has 55 heavy (non-hydrogen) atoms. The SMILES string of the molecule is CNc1c(O)ccc(C(O)CNCCN(C)C(=O)CCOCCc2cccc(CN3CCC4(CC3)CN(c3cc(C(F)(F)F)ccn3)CCO4)c2)c1SC=O. The van der Waals surface area contributed by atoms with Crippen LogP contribution in [0, 0.1) is 0 Å². The highest BCUT2D eigenvalue weighted by molar-refractivity contribution is 8.12. The third-order valence-corrected chi connectivity index (χ3v) is 10.9. The van der Waals surface area contributed by atoms with Gasteiger partial charge in [-0.1, -0.05) is 42.1 Å². The number of aliphatic hydroxyl groups is 1. The number of aromatic nitrogens is 1. The van der Waals surface area contributed by atoms with E-state index in [0.29, 0.717) is 80.0 Å². The van der Waals surface area contributed by atoms with Gasteiger partial charge in [-0.15, -0.1) is 0 Å². The molecule has 1 spiro atoms. The third kappa shape index (κ3) is 11.8. The summed E-state index contributed by atoms with van der Waals surface area (Å²) in [4.78, 5) is 34.4. The summed E-state index contributed by atoms with van der Waals surface area (Å²) in [7, 11) is 3.35. The lowest BCUT2D eigenvalue weighted by Gasteiger charge is -2.47. The minimum Gasteiger partial charge on any atom is -0.506 e. The lowest BCUT2D eigenvalue weighted by molar-refractivity contribution is -0.137. The molecule has 0 saturated carbocycles. The zero-order valence-electron chi connectivity index (χ0n) is 31.3. The molecule has 0 bridgehead atoms. The fraction of sp³-hybridized carbons (Fsp3) is 0.513. The fourth-order valence-corrected chi connectivity index (χ4v) is 7.76. The van der Waals surface area contributed by atoms with E-state index >= 15 is 0 Å². The Bertz CT molecular complexity index is 1730. The van der Waals surface area contributed by atoms with Crippen molar-refractivity contribution in [2.24, 2.45) is 0 Å². The number of amides is 1. The monoisotopic (exact) mass is 788 g/mol. The van der Waals surface area contributed by atoms with E-state index < -0.39 is 23.4 Å². The molecule has 2 aliphatic rings. The summed E-state index contributed by atoms with van der Waals surface area (Å²) < 4.78 is 51.9. The van der Waals surface area contributed by atoms with Crippen molar-refractivity contribution in [3.05, 3.63) is 77.0 Å². The number of nitrogens with one attached hydrogen (secondary N) is 2. The number of hydrogen-bond donors (Lipinski definition) is 4.